The van der Waals surface area contributed by atoms with Crippen LogP contribution in [-0.2, 0) is 9.59 Å². The first-order valence-corrected chi connectivity index (χ1v) is 6.52. The molecular weight excluding hydrogens is 272 g/mol. The van der Waals surface area contributed by atoms with Crippen LogP contribution in [0, 0.1) is 5.92 Å². The molecule has 1 aromatic carbocycles. The quantitative estimate of drug-likeness (QED) is 0.862. The number of anilines is 1. The van der Waals surface area contributed by atoms with E-state index >= 15 is 0 Å². The zero-order chi connectivity index (χ0) is 14.8. The zero-order valence-corrected chi connectivity index (χ0v) is 11.4. The van der Waals surface area contributed by atoms with Crippen molar-refractivity contribution in [3.63, 3.8) is 0 Å². The Morgan fingerprint density at radius 2 is 2.10 bits per heavy atom. The fourth-order valence-electron chi connectivity index (χ4n) is 2.26. The number of nitrogens with one attached hydrogen (secondary N) is 1. The van der Waals surface area contributed by atoms with Gasteiger partial charge in [0, 0.05) is 25.7 Å². The predicted octanol–water partition coefficient (Wildman–Crippen LogP) is 0.0791. The molecule has 2 heterocycles. The number of hydrogen-bond donors (Lipinski definition) is 1. The Bertz CT molecular complexity index is 652. The predicted molar refractivity (Wildman–Crippen MR) is 73.5 cm³/mol. The second kappa shape index (κ2) is 5.31. The molecule has 2 amide bonds. The summed E-state index contributed by atoms with van der Waals surface area (Å²) in [6, 6.07) is 7.15. The molecule has 0 saturated carbocycles. The molecule has 1 saturated heterocycles. The van der Waals surface area contributed by atoms with Crippen LogP contribution in [-0.4, -0.2) is 50.5 Å². The van der Waals surface area contributed by atoms with Crippen molar-refractivity contribution >= 4 is 17.5 Å². The van der Waals surface area contributed by atoms with Crippen molar-refractivity contribution in [2.24, 2.45) is 5.92 Å². The second-order valence-corrected chi connectivity index (χ2v) is 4.97. The summed E-state index contributed by atoms with van der Waals surface area (Å²) >= 11 is 0. The van der Waals surface area contributed by atoms with Gasteiger partial charge in [-0.1, -0.05) is 0 Å². The van der Waals surface area contributed by atoms with E-state index in [1.54, 1.807) is 36.2 Å². The SMILES string of the molecule is CN1C[C@@H](C(=O)Nc2ccc(-n3cnnn3)cc2)CC1=O. The van der Waals surface area contributed by atoms with Crippen molar-refractivity contribution < 1.29 is 9.59 Å². The van der Waals surface area contributed by atoms with Gasteiger partial charge in [-0.15, -0.1) is 5.10 Å². The molecule has 1 aliphatic heterocycles. The molecule has 108 valence electrons. The molecule has 0 spiro atoms. The van der Waals surface area contributed by atoms with E-state index in [4.69, 9.17) is 0 Å². The van der Waals surface area contributed by atoms with Gasteiger partial charge in [-0.05, 0) is 34.7 Å². The molecule has 1 aromatic heterocycles. The fourth-order valence-corrected chi connectivity index (χ4v) is 2.26. The van der Waals surface area contributed by atoms with E-state index in [0.29, 0.717) is 12.2 Å². The van der Waals surface area contributed by atoms with Gasteiger partial charge in [0.1, 0.15) is 6.33 Å². The lowest BCUT2D eigenvalue weighted by Gasteiger charge is -2.11. The highest BCUT2D eigenvalue weighted by Crippen LogP contribution is 2.19. The Kier molecular flexibility index (Phi) is 3.35. The van der Waals surface area contributed by atoms with Crippen molar-refractivity contribution in [1.82, 2.24) is 25.1 Å². The van der Waals surface area contributed by atoms with Gasteiger partial charge >= 0.3 is 0 Å². The van der Waals surface area contributed by atoms with Crippen LogP contribution in [0.25, 0.3) is 5.69 Å². The standard InChI is InChI=1S/C13H14N6O2/c1-18-7-9(6-12(18)20)13(21)15-10-2-4-11(5-3-10)19-8-14-16-17-19/h2-5,8-9H,6-7H2,1H3,(H,15,21)/t9-/m0/s1. The highest BCUT2D eigenvalue weighted by Gasteiger charge is 2.32. The van der Waals surface area contributed by atoms with Crippen LogP contribution >= 0.6 is 0 Å². The Morgan fingerprint density at radius 1 is 1.33 bits per heavy atom. The summed E-state index contributed by atoms with van der Waals surface area (Å²) in [5.41, 5.74) is 1.48. The lowest BCUT2D eigenvalue weighted by atomic mass is 10.1. The molecule has 8 nitrogen and oxygen atoms in total. The second-order valence-electron chi connectivity index (χ2n) is 4.97. The molecule has 8 heteroatoms. The van der Waals surface area contributed by atoms with E-state index in [2.05, 4.69) is 20.8 Å². The fraction of sp³-hybridized carbons (Fsp3) is 0.308. The number of amides is 2. The molecule has 0 radical (unpaired) electrons. The number of aromatic nitrogens is 4. The first-order valence-electron chi connectivity index (χ1n) is 6.52. The van der Waals surface area contributed by atoms with Crippen LogP contribution in [0.2, 0.25) is 0 Å². The van der Waals surface area contributed by atoms with Gasteiger partial charge in [-0.25, -0.2) is 4.68 Å². The highest BCUT2D eigenvalue weighted by atomic mass is 16.2. The number of benzene rings is 1. The van der Waals surface area contributed by atoms with Gasteiger partial charge < -0.3 is 10.2 Å². The third-order valence-electron chi connectivity index (χ3n) is 3.46. The van der Waals surface area contributed by atoms with E-state index in [1.807, 2.05) is 0 Å². The molecule has 0 aliphatic carbocycles. The summed E-state index contributed by atoms with van der Waals surface area (Å²) in [5, 5.41) is 13.7. The zero-order valence-electron chi connectivity index (χ0n) is 11.4. The molecule has 2 aromatic rings. The molecule has 3 rings (SSSR count). The summed E-state index contributed by atoms with van der Waals surface area (Å²) in [6.45, 7) is 0.466. The Labute approximate surface area is 120 Å². The summed E-state index contributed by atoms with van der Waals surface area (Å²) < 4.78 is 1.52. The number of carbonyl (C=O) groups is 2. The van der Waals surface area contributed by atoms with Gasteiger partial charge in [0.05, 0.1) is 11.6 Å². The summed E-state index contributed by atoms with van der Waals surface area (Å²) in [4.78, 5) is 25.1. The molecular formula is C13H14N6O2. The molecule has 1 N–H and O–H groups in total. The van der Waals surface area contributed by atoms with Crippen molar-refractivity contribution in [3.8, 4) is 5.69 Å². The number of nitrogens with zero attached hydrogens (tertiary/aromatic N) is 5. The maximum Gasteiger partial charge on any atom is 0.229 e. The summed E-state index contributed by atoms with van der Waals surface area (Å²) in [5.74, 6) is -0.422. The van der Waals surface area contributed by atoms with Crippen molar-refractivity contribution in [1.29, 1.82) is 0 Å². The average molecular weight is 286 g/mol. The van der Waals surface area contributed by atoms with Crippen LogP contribution in [0.4, 0.5) is 5.69 Å². The lowest BCUT2D eigenvalue weighted by Crippen LogP contribution is -2.25. The first kappa shape index (κ1) is 13.2. The molecule has 0 unspecified atom stereocenters. The average Bonchev–Trinajstić information content (AvgIpc) is 3.11. The number of hydrogen-bond acceptors (Lipinski definition) is 5. The van der Waals surface area contributed by atoms with E-state index in [1.165, 1.54) is 11.0 Å². The minimum Gasteiger partial charge on any atom is -0.345 e. The Morgan fingerprint density at radius 3 is 2.67 bits per heavy atom. The maximum absolute atomic E-state index is 12.1. The molecule has 21 heavy (non-hydrogen) atoms. The smallest absolute Gasteiger partial charge is 0.229 e. The van der Waals surface area contributed by atoms with Crippen LogP contribution in [0.1, 0.15) is 6.42 Å². The van der Waals surface area contributed by atoms with Gasteiger partial charge in [0.15, 0.2) is 0 Å². The monoisotopic (exact) mass is 286 g/mol. The highest BCUT2D eigenvalue weighted by molar-refractivity contribution is 5.97. The maximum atomic E-state index is 12.1. The summed E-state index contributed by atoms with van der Waals surface area (Å²) in [7, 11) is 1.70. The normalized spacial score (nSPS) is 18.0. The Balaban J connectivity index is 1.65. The van der Waals surface area contributed by atoms with Crippen molar-refractivity contribution in [2.45, 2.75) is 6.42 Å². The molecule has 1 aliphatic rings. The molecule has 1 atom stereocenters. The minimum absolute atomic E-state index is 0.00387. The van der Waals surface area contributed by atoms with Crippen LogP contribution in [0.5, 0.6) is 0 Å². The first-order chi connectivity index (χ1) is 10.1. The third kappa shape index (κ3) is 2.73. The number of likely N-dealkylation sites (tertiary alicyclic amines) is 1. The topological polar surface area (TPSA) is 93.0 Å². The van der Waals surface area contributed by atoms with E-state index in [-0.39, 0.29) is 24.2 Å². The number of rotatable bonds is 3. The lowest BCUT2D eigenvalue weighted by molar-refractivity contribution is -0.127. The largest absolute Gasteiger partial charge is 0.345 e. The van der Waals surface area contributed by atoms with E-state index in [9.17, 15) is 9.59 Å². The van der Waals surface area contributed by atoms with Crippen molar-refractivity contribution in [3.05, 3.63) is 30.6 Å². The van der Waals surface area contributed by atoms with Gasteiger partial charge in [-0.2, -0.15) is 0 Å². The van der Waals surface area contributed by atoms with Gasteiger partial charge in [0.2, 0.25) is 11.8 Å². The van der Waals surface area contributed by atoms with Crippen LogP contribution < -0.4 is 5.32 Å². The van der Waals surface area contributed by atoms with E-state index in [0.717, 1.165) is 5.69 Å². The number of carbonyl (C=O) groups excluding carboxylic acids is 2. The van der Waals surface area contributed by atoms with E-state index < -0.39 is 0 Å². The molecule has 1 fully saturated rings. The van der Waals surface area contributed by atoms with Crippen LogP contribution in [0.15, 0.2) is 30.6 Å². The van der Waals surface area contributed by atoms with Gasteiger partial charge in [-0.3, -0.25) is 9.59 Å². The van der Waals surface area contributed by atoms with Crippen LogP contribution in [0.3, 0.4) is 0 Å². The van der Waals surface area contributed by atoms with Crippen molar-refractivity contribution in [2.75, 3.05) is 18.9 Å². The molecule has 0 bridgehead atoms. The minimum atomic E-state index is -0.290. The van der Waals surface area contributed by atoms with Gasteiger partial charge in [0.25, 0.3) is 0 Å². The summed E-state index contributed by atoms with van der Waals surface area (Å²) in [6.07, 6.45) is 1.76. The third-order valence-corrected chi connectivity index (χ3v) is 3.46. The number of tetrazole rings is 1. The Hall–Kier alpha value is -2.77.